The lowest BCUT2D eigenvalue weighted by atomic mass is 9.94. The number of rotatable bonds is 8. The van der Waals surface area contributed by atoms with Crippen LogP contribution in [0, 0.1) is 5.92 Å². The van der Waals surface area contributed by atoms with E-state index >= 15 is 0 Å². The standard InChI is InChI=1S/C24H36N4OS/c1-2-3-7-24(29)25-28-13-9-20(10-14-28)8-12-26-15-17-27(18-16-26)22-5-4-6-23-21(22)11-19-30-23/h4-6,11,19-20H,2-3,7-10,12-18H2,1H3,(H,25,29). The maximum Gasteiger partial charge on any atom is 0.234 e. The molecular weight excluding hydrogens is 392 g/mol. The molecule has 1 aromatic heterocycles. The van der Waals surface area contributed by atoms with Crippen LogP contribution in [-0.2, 0) is 4.79 Å². The number of fused-ring (bicyclic) bond motifs is 1. The van der Waals surface area contributed by atoms with Crippen LogP contribution in [0.1, 0.15) is 45.4 Å². The fraction of sp³-hybridized carbons (Fsp3) is 0.625. The molecule has 6 heteroatoms. The number of piperazine rings is 1. The van der Waals surface area contributed by atoms with E-state index in [-0.39, 0.29) is 5.91 Å². The Morgan fingerprint density at radius 1 is 1.10 bits per heavy atom. The largest absolute Gasteiger partial charge is 0.368 e. The van der Waals surface area contributed by atoms with E-state index < -0.39 is 0 Å². The quantitative estimate of drug-likeness (QED) is 0.679. The average molecular weight is 429 g/mol. The highest BCUT2D eigenvalue weighted by Crippen LogP contribution is 2.31. The topological polar surface area (TPSA) is 38.8 Å². The van der Waals surface area contributed by atoms with Gasteiger partial charge in [0.1, 0.15) is 0 Å². The minimum atomic E-state index is 0.186. The third-order valence-electron chi connectivity index (χ3n) is 6.69. The Morgan fingerprint density at radius 2 is 1.90 bits per heavy atom. The second-order valence-electron chi connectivity index (χ2n) is 8.80. The minimum Gasteiger partial charge on any atom is -0.368 e. The van der Waals surface area contributed by atoms with Crippen molar-refractivity contribution >= 4 is 33.0 Å². The summed E-state index contributed by atoms with van der Waals surface area (Å²) in [7, 11) is 0. The van der Waals surface area contributed by atoms with Crippen molar-refractivity contribution in [3.05, 3.63) is 29.6 Å². The molecule has 2 aromatic rings. The Morgan fingerprint density at radius 3 is 2.67 bits per heavy atom. The summed E-state index contributed by atoms with van der Waals surface area (Å²) in [4.78, 5) is 17.1. The Hall–Kier alpha value is -1.63. The first-order chi connectivity index (χ1) is 14.7. The zero-order chi connectivity index (χ0) is 20.8. The highest BCUT2D eigenvalue weighted by atomic mass is 32.1. The summed E-state index contributed by atoms with van der Waals surface area (Å²) in [6.45, 7) is 9.91. The van der Waals surface area contributed by atoms with Gasteiger partial charge in [0, 0.05) is 61.5 Å². The lowest BCUT2D eigenvalue weighted by Gasteiger charge is -2.38. The number of nitrogens with one attached hydrogen (secondary N) is 1. The summed E-state index contributed by atoms with van der Waals surface area (Å²) < 4.78 is 1.39. The third-order valence-corrected chi connectivity index (χ3v) is 7.58. The Bertz CT molecular complexity index is 806. The van der Waals surface area contributed by atoms with Crippen molar-refractivity contribution in [1.82, 2.24) is 15.3 Å². The van der Waals surface area contributed by atoms with Crippen molar-refractivity contribution in [2.75, 3.05) is 50.7 Å². The van der Waals surface area contributed by atoms with Gasteiger partial charge in [0.2, 0.25) is 5.91 Å². The first-order valence-electron chi connectivity index (χ1n) is 11.7. The van der Waals surface area contributed by atoms with Crippen molar-refractivity contribution in [3.8, 4) is 0 Å². The van der Waals surface area contributed by atoms with Crippen LogP contribution < -0.4 is 10.3 Å². The fourth-order valence-corrected chi connectivity index (χ4v) is 5.54. The number of hydrazine groups is 1. The Balaban J connectivity index is 1.15. The molecule has 164 valence electrons. The van der Waals surface area contributed by atoms with Gasteiger partial charge in [-0.15, -0.1) is 11.3 Å². The molecular formula is C24H36N4OS. The number of unbranched alkanes of at least 4 members (excludes halogenated alkanes) is 1. The van der Waals surface area contributed by atoms with Crippen molar-refractivity contribution in [2.45, 2.75) is 45.4 Å². The van der Waals surface area contributed by atoms with Gasteiger partial charge in [-0.25, -0.2) is 5.01 Å². The molecule has 3 heterocycles. The SMILES string of the molecule is CCCCC(=O)NN1CCC(CCN2CCN(c3cccc4sccc34)CC2)CC1. The van der Waals surface area contributed by atoms with Gasteiger partial charge in [0.25, 0.3) is 0 Å². The molecule has 0 radical (unpaired) electrons. The lowest BCUT2D eigenvalue weighted by Crippen LogP contribution is -2.48. The predicted octanol–water partition coefficient (Wildman–Crippen LogP) is 4.35. The molecule has 5 nitrogen and oxygen atoms in total. The maximum atomic E-state index is 11.9. The van der Waals surface area contributed by atoms with Gasteiger partial charge >= 0.3 is 0 Å². The molecule has 0 saturated carbocycles. The number of piperidine rings is 1. The number of amides is 1. The predicted molar refractivity (Wildman–Crippen MR) is 127 cm³/mol. The van der Waals surface area contributed by atoms with E-state index in [1.165, 1.54) is 41.6 Å². The van der Waals surface area contributed by atoms with E-state index in [4.69, 9.17) is 0 Å². The second-order valence-corrected chi connectivity index (χ2v) is 9.74. The number of hydrogen-bond donors (Lipinski definition) is 1. The number of anilines is 1. The van der Waals surface area contributed by atoms with Gasteiger partial charge in [-0.05, 0) is 61.7 Å². The molecule has 1 aromatic carbocycles. The monoisotopic (exact) mass is 428 g/mol. The molecule has 0 spiro atoms. The zero-order valence-electron chi connectivity index (χ0n) is 18.3. The van der Waals surface area contributed by atoms with Gasteiger partial charge in [-0.1, -0.05) is 19.4 Å². The van der Waals surface area contributed by atoms with Crippen LogP contribution in [0.5, 0.6) is 0 Å². The van der Waals surface area contributed by atoms with E-state index in [1.807, 2.05) is 11.3 Å². The second kappa shape index (κ2) is 10.6. The Labute approximate surface area is 185 Å². The molecule has 30 heavy (non-hydrogen) atoms. The van der Waals surface area contributed by atoms with E-state index in [2.05, 4.69) is 56.8 Å². The molecule has 2 aliphatic heterocycles. The third kappa shape index (κ3) is 5.54. The first kappa shape index (κ1) is 21.6. The van der Waals surface area contributed by atoms with Gasteiger partial charge in [0.05, 0.1) is 0 Å². The molecule has 0 aliphatic carbocycles. The van der Waals surface area contributed by atoms with E-state index in [1.54, 1.807) is 0 Å². The summed E-state index contributed by atoms with van der Waals surface area (Å²) in [5, 5.41) is 5.74. The van der Waals surface area contributed by atoms with Crippen LogP contribution in [0.15, 0.2) is 29.6 Å². The molecule has 0 unspecified atom stereocenters. The summed E-state index contributed by atoms with van der Waals surface area (Å²) in [5.74, 6) is 0.984. The highest BCUT2D eigenvalue weighted by Gasteiger charge is 2.23. The van der Waals surface area contributed by atoms with Crippen LogP contribution in [0.2, 0.25) is 0 Å². The molecule has 4 rings (SSSR count). The minimum absolute atomic E-state index is 0.186. The van der Waals surface area contributed by atoms with Gasteiger partial charge in [0.15, 0.2) is 0 Å². The normalized spacial score (nSPS) is 19.4. The molecule has 0 atom stereocenters. The van der Waals surface area contributed by atoms with Crippen LogP contribution in [0.3, 0.4) is 0 Å². The van der Waals surface area contributed by atoms with Crippen LogP contribution in [-0.4, -0.2) is 61.6 Å². The summed E-state index contributed by atoms with van der Waals surface area (Å²) in [6, 6.07) is 8.96. The number of nitrogens with zero attached hydrogens (tertiary/aromatic N) is 3. The van der Waals surface area contributed by atoms with E-state index in [0.717, 1.165) is 58.0 Å². The molecule has 2 aliphatic rings. The van der Waals surface area contributed by atoms with E-state index in [9.17, 15) is 4.79 Å². The molecule has 2 fully saturated rings. The van der Waals surface area contributed by atoms with Crippen LogP contribution in [0.25, 0.3) is 10.1 Å². The van der Waals surface area contributed by atoms with Crippen molar-refractivity contribution in [3.63, 3.8) is 0 Å². The van der Waals surface area contributed by atoms with Crippen molar-refractivity contribution in [1.29, 1.82) is 0 Å². The maximum absolute atomic E-state index is 11.9. The van der Waals surface area contributed by atoms with Crippen molar-refractivity contribution in [2.24, 2.45) is 5.92 Å². The Kier molecular flexibility index (Phi) is 7.63. The number of benzene rings is 1. The highest BCUT2D eigenvalue weighted by molar-refractivity contribution is 7.17. The van der Waals surface area contributed by atoms with E-state index in [0.29, 0.717) is 6.42 Å². The first-order valence-corrected chi connectivity index (χ1v) is 12.6. The molecule has 1 amide bonds. The fourth-order valence-electron chi connectivity index (χ4n) is 4.73. The molecule has 1 N–H and O–H groups in total. The lowest BCUT2D eigenvalue weighted by molar-refractivity contribution is -0.126. The summed E-state index contributed by atoms with van der Waals surface area (Å²) >= 11 is 1.83. The van der Waals surface area contributed by atoms with Gasteiger partial charge < -0.3 is 4.90 Å². The summed E-state index contributed by atoms with van der Waals surface area (Å²) in [6.07, 6.45) is 6.41. The smallest absolute Gasteiger partial charge is 0.234 e. The molecule has 0 bridgehead atoms. The van der Waals surface area contributed by atoms with Crippen LogP contribution >= 0.6 is 11.3 Å². The van der Waals surface area contributed by atoms with Gasteiger partial charge in [-0.3, -0.25) is 15.1 Å². The zero-order valence-corrected chi connectivity index (χ0v) is 19.1. The molecule has 2 saturated heterocycles. The summed E-state index contributed by atoms with van der Waals surface area (Å²) in [5.41, 5.74) is 4.49. The average Bonchev–Trinajstić information content (AvgIpc) is 3.27. The van der Waals surface area contributed by atoms with Gasteiger partial charge in [-0.2, -0.15) is 0 Å². The van der Waals surface area contributed by atoms with Crippen LogP contribution in [0.4, 0.5) is 5.69 Å². The number of carbonyl (C=O) groups excluding carboxylic acids is 1. The number of hydrogen-bond acceptors (Lipinski definition) is 5. The number of carbonyl (C=O) groups is 1. The van der Waals surface area contributed by atoms with Crippen molar-refractivity contribution < 1.29 is 4.79 Å². The number of thiophene rings is 1.